The Morgan fingerprint density at radius 3 is 3.06 bits per heavy atom. The van der Waals surface area contributed by atoms with E-state index >= 15 is 0 Å². The molecule has 1 aromatic carbocycles. The summed E-state index contributed by atoms with van der Waals surface area (Å²) in [6.07, 6.45) is 5.50. The molecule has 98 valence electrons. The van der Waals surface area contributed by atoms with Gasteiger partial charge in [0.15, 0.2) is 0 Å². The van der Waals surface area contributed by atoms with Gasteiger partial charge in [-0.3, -0.25) is 0 Å². The fraction of sp³-hybridized carbons (Fsp3) is 0.600. The van der Waals surface area contributed by atoms with Crippen LogP contribution in [0.4, 0.5) is 5.69 Å². The van der Waals surface area contributed by atoms with E-state index in [1.807, 2.05) is 0 Å². The first-order chi connectivity index (χ1) is 8.86. The van der Waals surface area contributed by atoms with Crippen LogP contribution in [0, 0.1) is 0 Å². The lowest BCUT2D eigenvalue weighted by atomic mass is 9.95. The fourth-order valence-corrected chi connectivity index (χ4v) is 3.15. The lowest BCUT2D eigenvalue weighted by molar-refractivity contribution is 0.127. The molecule has 0 aliphatic carbocycles. The third kappa shape index (κ3) is 2.25. The third-order valence-corrected chi connectivity index (χ3v) is 4.18. The molecule has 2 aliphatic heterocycles. The second-order valence-electron chi connectivity index (χ2n) is 5.41. The molecular formula is C15H22N2O. The molecule has 3 heteroatoms. The first-order valence-corrected chi connectivity index (χ1v) is 7.13. The molecule has 0 spiro atoms. The van der Waals surface area contributed by atoms with Crippen molar-refractivity contribution in [1.82, 2.24) is 5.32 Å². The maximum absolute atomic E-state index is 10.6. The van der Waals surface area contributed by atoms with Crippen LogP contribution in [0.3, 0.4) is 0 Å². The van der Waals surface area contributed by atoms with Gasteiger partial charge in [0.1, 0.15) is 0 Å². The molecule has 3 rings (SSSR count). The molecule has 2 atom stereocenters. The van der Waals surface area contributed by atoms with E-state index in [0.29, 0.717) is 0 Å². The van der Waals surface area contributed by atoms with Crippen LogP contribution >= 0.6 is 0 Å². The Labute approximate surface area is 109 Å². The molecule has 0 radical (unpaired) electrons. The normalized spacial score (nSPS) is 25.1. The molecule has 0 amide bonds. The van der Waals surface area contributed by atoms with E-state index in [-0.39, 0.29) is 12.1 Å². The van der Waals surface area contributed by atoms with Gasteiger partial charge in [0.05, 0.1) is 6.10 Å². The predicted molar refractivity (Wildman–Crippen MR) is 73.9 cm³/mol. The molecule has 0 bridgehead atoms. The highest BCUT2D eigenvalue weighted by atomic mass is 16.3. The van der Waals surface area contributed by atoms with Crippen LogP contribution in [0.2, 0.25) is 0 Å². The molecule has 18 heavy (non-hydrogen) atoms. The van der Waals surface area contributed by atoms with Crippen LogP contribution in [-0.2, 0) is 6.42 Å². The summed E-state index contributed by atoms with van der Waals surface area (Å²) in [4.78, 5) is 0. The molecular weight excluding hydrogens is 224 g/mol. The van der Waals surface area contributed by atoms with Gasteiger partial charge < -0.3 is 15.7 Å². The van der Waals surface area contributed by atoms with E-state index in [2.05, 4.69) is 28.8 Å². The summed E-state index contributed by atoms with van der Waals surface area (Å²) in [5.41, 5.74) is 3.60. The van der Waals surface area contributed by atoms with Crippen molar-refractivity contribution in [1.29, 1.82) is 0 Å². The lowest BCUT2D eigenvalue weighted by Gasteiger charge is -2.24. The first kappa shape index (κ1) is 12.0. The topological polar surface area (TPSA) is 44.3 Å². The molecule has 1 saturated heterocycles. The predicted octanol–water partition coefficient (Wildman–Crippen LogP) is 2.22. The second-order valence-corrected chi connectivity index (χ2v) is 5.41. The molecule has 2 unspecified atom stereocenters. The van der Waals surface area contributed by atoms with Crippen molar-refractivity contribution in [2.45, 2.75) is 44.2 Å². The van der Waals surface area contributed by atoms with E-state index < -0.39 is 0 Å². The van der Waals surface area contributed by atoms with Crippen LogP contribution < -0.4 is 10.6 Å². The van der Waals surface area contributed by atoms with Gasteiger partial charge in [-0.1, -0.05) is 31.0 Å². The minimum absolute atomic E-state index is 0.210. The van der Waals surface area contributed by atoms with Crippen molar-refractivity contribution in [3.63, 3.8) is 0 Å². The van der Waals surface area contributed by atoms with Gasteiger partial charge in [-0.2, -0.15) is 0 Å². The van der Waals surface area contributed by atoms with Crippen molar-refractivity contribution in [2.24, 2.45) is 0 Å². The number of aliphatic hydroxyl groups excluding tert-OH is 1. The van der Waals surface area contributed by atoms with Crippen molar-refractivity contribution in [2.75, 3.05) is 18.4 Å². The van der Waals surface area contributed by atoms with Gasteiger partial charge in [-0.05, 0) is 31.4 Å². The lowest BCUT2D eigenvalue weighted by Crippen LogP contribution is -2.34. The number of fused-ring (bicyclic) bond motifs is 1. The quantitative estimate of drug-likeness (QED) is 0.749. The van der Waals surface area contributed by atoms with Crippen LogP contribution in [0.1, 0.15) is 42.9 Å². The van der Waals surface area contributed by atoms with E-state index in [9.17, 15) is 5.11 Å². The Balaban J connectivity index is 1.83. The van der Waals surface area contributed by atoms with Crippen LogP contribution in [0.15, 0.2) is 18.2 Å². The number of nitrogens with one attached hydrogen (secondary N) is 2. The molecule has 1 aromatic rings. The minimum atomic E-state index is -0.386. The standard InChI is InChI=1S/C15H22N2O/c18-15(13-7-2-1-3-9-16-13)12-6-4-5-11-8-10-17-14(11)12/h4-6,13,15-18H,1-3,7-10H2. The number of rotatable bonds is 2. The third-order valence-electron chi connectivity index (χ3n) is 4.18. The maximum Gasteiger partial charge on any atom is 0.0962 e. The summed E-state index contributed by atoms with van der Waals surface area (Å²) in [7, 11) is 0. The largest absolute Gasteiger partial charge is 0.387 e. The summed E-state index contributed by atoms with van der Waals surface area (Å²) >= 11 is 0. The number of para-hydroxylation sites is 1. The van der Waals surface area contributed by atoms with Gasteiger partial charge in [-0.25, -0.2) is 0 Å². The summed E-state index contributed by atoms with van der Waals surface area (Å²) in [6, 6.07) is 6.50. The van der Waals surface area contributed by atoms with Crippen molar-refractivity contribution >= 4 is 5.69 Å². The van der Waals surface area contributed by atoms with Crippen LogP contribution in [0.5, 0.6) is 0 Å². The summed E-state index contributed by atoms with van der Waals surface area (Å²) in [5.74, 6) is 0. The molecule has 1 fully saturated rings. The number of anilines is 1. The molecule has 3 N–H and O–H groups in total. The second kappa shape index (κ2) is 5.29. The Kier molecular flexibility index (Phi) is 3.52. The van der Waals surface area contributed by atoms with Gasteiger partial charge in [0, 0.05) is 23.8 Å². The van der Waals surface area contributed by atoms with E-state index in [1.165, 1.54) is 30.5 Å². The van der Waals surface area contributed by atoms with Crippen molar-refractivity contribution in [3.05, 3.63) is 29.3 Å². The number of aliphatic hydroxyl groups is 1. The highest BCUT2D eigenvalue weighted by molar-refractivity contribution is 5.62. The minimum Gasteiger partial charge on any atom is -0.387 e. The summed E-state index contributed by atoms with van der Waals surface area (Å²) < 4.78 is 0. The Bertz CT molecular complexity index is 411. The van der Waals surface area contributed by atoms with Crippen molar-refractivity contribution in [3.8, 4) is 0 Å². The summed E-state index contributed by atoms with van der Waals surface area (Å²) in [6.45, 7) is 2.03. The highest BCUT2D eigenvalue weighted by Crippen LogP contribution is 2.33. The first-order valence-electron chi connectivity index (χ1n) is 7.13. The van der Waals surface area contributed by atoms with E-state index in [4.69, 9.17) is 0 Å². The average molecular weight is 246 g/mol. The Hall–Kier alpha value is -1.06. The zero-order valence-electron chi connectivity index (χ0n) is 10.8. The SMILES string of the molecule is OC(c1cccc2c1NCC2)C1CCCCCN1. The van der Waals surface area contributed by atoms with Crippen LogP contribution in [-0.4, -0.2) is 24.2 Å². The molecule has 0 saturated carbocycles. The number of benzene rings is 1. The van der Waals surface area contributed by atoms with Crippen LogP contribution in [0.25, 0.3) is 0 Å². The summed E-state index contributed by atoms with van der Waals surface area (Å²) in [5, 5.41) is 17.5. The zero-order chi connectivity index (χ0) is 12.4. The number of hydrogen-bond acceptors (Lipinski definition) is 3. The van der Waals surface area contributed by atoms with Gasteiger partial charge in [0.25, 0.3) is 0 Å². The molecule has 2 aliphatic rings. The fourth-order valence-electron chi connectivity index (χ4n) is 3.15. The molecule has 2 heterocycles. The van der Waals surface area contributed by atoms with E-state index in [0.717, 1.165) is 31.5 Å². The Morgan fingerprint density at radius 2 is 2.11 bits per heavy atom. The average Bonchev–Trinajstić information content (AvgIpc) is 2.71. The maximum atomic E-state index is 10.6. The van der Waals surface area contributed by atoms with E-state index in [1.54, 1.807) is 0 Å². The highest BCUT2D eigenvalue weighted by Gasteiger charge is 2.26. The molecule has 3 nitrogen and oxygen atoms in total. The molecule has 0 aromatic heterocycles. The smallest absolute Gasteiger partial charge is 0.0962 e. The van der Waals surface area contributed by atoms with Gasteiger partial charge in [0.2, 0.25) is 0 Å². The number of hydrogen-bond donors (Lipinski definition) is 3. The Morgan fingerprint density at radius 1 is 1.17 bits per heavy atom. The monoisotopic (exact) mass is 246 g/mol. The zero-order valence-corrected chi connectivity index (χ0v) is 10.8. The van der Waals surface area contributed by atoms with Crippen molar-refractivity contribution < 1.29 is 5.11 Å². The van der Waals surface area contributed by atoms with Gasteiger partial charge in [-0.15, -0.1) is 0 Å². The van der Waals surface area contributed by atoms with Gasteiger partial charge >= 0.3 is 0 Å².